The fourth-order valence-electron chi connectivity index (χ4n) is 0.308. The molecule has 0 fully saturated rings. The van der Waals surface area contributed by atoms with Crippen LogP contribution in [0.2, 0.25) is 0 Å². The molecule has 0 aromatic rings. The van der Waals surface area contributed by atoms with Crippen LogP contribution >= 0.6 is 44.2 Å². The number of thiocarbonyl (C=S) groups is 3. The SMILES string of the molecule is NC(N)=S.NC(N)=S.NC(N)=S.O=C(O)CNCP(=O)(O)O. The molecule has 0 spiro atoms. The highest BCUT2D eigenvalue weighted by Gasteiger charge is 2.11. The maximum absolute atomic E-state index is 10.1. The third-order valence-corrected chi connectivity index (χ3v) is 1.23. The summed E-state index contributed by atoms with van der Waals surface area (Å²) in [7, 11) is -4.10. The number of carbonyl (C=O) groups is 1. The first-order chi connectivity index (χ1) is 9.61. The molecule has 0 rings (SSSR count). The average Bonchev–Trinajstić information content (AvgIpc) is 2.10. The van der Waals surface area contributed by atoms with Gasteiger partial charge in [0.25, 0.3) is 0 Å². The lowest BCUT2D eigenvalue weighted by atomic mass is 10.7. The number of aliphatic carboxylic acids is 1. The van der Waals surface area contributed by atoms with E-state index in [0.717, 1.165) is 0 Å². The third-order valence-electron chi connectivity index (χ3n) is 0.594. The highest BCUT2D eigenvalue weighted by Crippen LogP contribution is 2.31. The molecule has 0 aliphatic heterocycles. The van der Waals surface area contributed by atoms with E-state index in [-0.39, 0.29) is 15.3 Å². The van der Waals surface area contributed by atoms with Gasteiger partial charge in [-0.2, -0.15) is 0 Å². The van der Waals surface area contributed by atoms with Gasteiger partial charge in [0.2, 0.25) is 0 Å². The lowest BCUT2D eigenvalue weighted by molar-refractivity contribution is -0.135. The summed E-state index contributed by atoms with van der Waals surface area (Å²) in [6, 6.07) is 0. The van der Waals surface area contributed by atoms with Crippen LogP contribution in [-0.2, 0) is 9.36 Å². The minimum atomic E-state index is -4.10. The second-order valence-electron chi connectivity index (χ2n) is 2.85. The van der Waals surface area contributed by atoms with E-state index < -0.39 is 26.4 Å². The smallest absolute Gasteiger partial charge is 0.339 e. The molecule has 0 aliphatic rings. The molecule has 0 heterocycles. The average molecular weight is 397 g/mol. The summed E-state index contributed by atoms with van der Waals surface area (Å²) in [4.78, 5) is 26.1. The first kappa shape index (κ1) is 28.8. The largest absolute Gasteiger partial charge is 0.480 e. The van der Waals surface area contributed by atoms with Gasteiger partial charge in [-0.1, -0.05) is 0 Å². The van der Waals surface area contributed by atoms with Gasteiger partial charge < -0.3 is 49.3 Å². The number of nitrogens with two attached hydrogens (primary N) is 6. The molecule has 0 atom stereocenters. The first-order valence-electron chi connectivity index (χ1n) is 4.73. The molecule has 0 saturated carbocycles. The normalized spacial score (nSPS) is 8.45. The van der Waals surface area contributed by atoms with Gasteiger partial charge in [0.1, 0.15) is 0 Å². The van der Waals surface area contributed by atoms with E-state index >= 15 is 0 Å². The second kappa shape index (κ2) is 17.7. The molecule has 0 aromatic carbocycles. The number of hydrogen-bond acceptors (Lipinski definition) is 6. The Balaban J connectivity index is -0.000000112. The minimum absolute atomic E-state index is 0.000000000000000222. The van der Waals surface area contributed by atoms with Gasteiger partial charge in [-0.05, 0) is 36.7 Å². The number of carboxylic acid groups (broad SMARTS) is 1. The van der Waals surface area contributed by atoms with Crippen LogP contribution in [-0.4, -0.2) is 49.0 Å². The molecule has 16 heteroatoms. The predicted molar refractivity (Wildman–Crippen MR) is 95.5 cm³/mol. The summed E-state index contributed by atoms with van der Waals surface area (Å²) in [6.45, 7) is -0.439. The summed E-state index contributed by atoms with van der Waals surface area (Å²) in [5.74, 6) is -1.14. The van der Waals surface area contributed by atoms with E-state index in [9.17, 15) is 9.36 Å². The molecule has 12 nitrogen and oxygen atoms in total. The zero-order chi connectivity index (χ0) is 18.9. The molecular weight excluding hydrogens is 377 g/mol. The van der Waals surface area contributed by atoms with Crippen LogP contribution in [0.1, 0.15) is 0 Å². The Morgan fingerprint density at radius 3 is 1.27 bits per heavy atom. The third kappa shape index (κ3) is 182. The van der Waals surface area contributed by atoms with Crippen molar-refractivity contribution in [1.82, 2.24) is 5.32 Å². The molecule has 0 radical (unpaired) electrons. The Morgan fingerprint density at radius 1 is 0.909 bits per heavy atom. The minimum Gasteiger partial charge on any atom is -0.480 e. The number of hydrogen-bond donors (Lipinski definition) is 10. The summed E-state index contributed by atoms with van der Waals surface area (Å²) < 4.78 is 10.1. The van der Waals surface area contributed by atoms with Crippen molar-refractivity contribution in [2.75, 3.05) is 12.8 Å². The van der Waals surface area contributed by atoms with Crippen LogP contribution in [0.25, 0.3) is 0 Å². The zero-order valence-corrected chi connectivity index (χ0v) is 14.6. The fraction of sp³-hybridized carbons (Fsp3) is 0.333. The number of carboxylic acids is 1. The van der Waals surface area contributed by atoms with E-state index in [4.69, 9.17) is 14.9 Å². The van der Waals surface area contributed by atoms with Gasteiger partial charge in [0.15, 0.2) is 15.3 Å². The Morgan fingerprint density at radius 2 is 1.14 bits per heavy atom. The molecule has 0 saturated heterocycles. The maximum Gasteiger partial charge on any atom is 0.339 e. The van der Waals surface area contributed by atoms with E-state index in [0.29, 0.717) is 0 Å². The first-order valence-corrected chi connectivity index (χ1v) is 7.75. The number of rotatable bonds is 4. The van der Waals surface area contributed by atoms with Gasteiger partial charge in [0.05, 0.1) is 12.8 Å². The van der Waals surface area contributed by atoms with Crippen LogP contribution in [0.4, 0.5) is 0 Å². The molecule has 0 unspecified atom stereocenters. The molecule has 0 aliphatic carbocycles. The second-order valence-corrected chi connectivity index (χ2v) is 5.91. The van der Waals surface area contributed by atoms with Crippen LogP contribution in [0.15, 0.2) is 0 Å². The standard InChI is InChI=1S/C3H8NO5P.3CH4N2S/c5-3(6)1-4-2-10(7,8)9;3*2-1(3)4/h4H,1-2H2,(H,5,6)(H2,7,8,9);3*(H4,2,3,4). The van der Waals surface area contributed by atoms with Crippen molar-refractivity contribution < 1.29 is 24.3 Å². The quantitative estimate of drug-likeness (QED) is 0.162. The van der Waals surface area contributed by atoms with Crippen molar-refractivity contribution in [2.24, 2.45) is 34.4 Å². The van der Waals surface area contributed by atoms with Gasteiger partial charge in [-0.3, -0.25) is 14.7 Å². The van der Waals surface area contributed by atoms with Crippen molar-refractivity contribution in [3.63, 3.8) is 0 Å². The molecule has 0 aromatic heterocycles. The van der Waals surface area contributed by atoms with Gasteiger partial charge in [-0.25, -0.2) is 0 Å². The van der Waals surface area contributed by atoms with Crippen molar-refractivity contribution >= 4 is 65.6 Å². The van der Waals surface area contributed by atoms with Crippen molar-refractivity contribution in [3.05, 3.63) is 0 Å². The van der Waals surface area contributed by atoms with E-state index in [1.165, 1.54) is 0 Å². The lowest BCUT2D eigenvalue weighted by Gasteiger charge is -2.02. The van der Waals surface area contributed by atoms with Gasteiger partial charge in [-0.15, -0.1) is 0 Å². The highest BCUT2D eigenvalue weighted by molar-refractivity contribution is 7.80. The van der Waals surface area contributed by atoms with Crippen LogP contribution in [0, 0.1) is 0 Å². The van der Waals surface area contributed by atoms with Gasteiger partial charge >= 0.3 is 13.6 Å². The zero-order valence-electron chi connectivity index (χ0n) is 11.2. The molecular formula is C6H20N7O5PS3. The van der Waals surface area contributed by atoms with Gasteiger partial charge in [0, 0.05) is 0 Å². The maximum atomic E-state index is 10.1. The fourth-order valence-corrected chi connectivity index (χ4v) is 0.712. The topological polar surface area (TPSA) is 263 Å². The van der Waals surface area contributed by atoms with Crippen molar-refractivity contribution in [3.8, 4) is 0 Å². The molecule has 0 bridgehead atoms. The molecule has 0 amide bonds. The summed E-state index contributed by atoms with van der Waals surface area (Å²) in [6.07, 6.45) is -0.598. The molecule has 22 heavy (non-hydrogen) atoms. The van der Waals surface area contributed by atoms with Crippen LogP contribution < -0.4 is 39.7 Å². The Bertz CT molecular complexity index is 364. The summed E-state index contributed by atoms with van der Waals surface area (Å²) in [5, 5.41) is 10.1. The highest BCUT2D eigenvalue weighted by atomic mass is 32.1. The Labute approximate surface area is 142 Å². The van der Waals surface area contributed by atoms with E-state index in [2.05, 4.69) is 76.4 Å². The predicted octanol–water partition coefficient (Wildman–Crippen LogP) is -3.64. The molecule has 16 N–H and O–H groups in total. The summed E-state index contributed by atoms with van der Waals surface area (Å²) >= 11 is 12.3. The summed E-state index contributed by atoms with van der Waals surface area (Å²) in [5.41, 5.74) is 27.7. The van der Waals surface area contributed by atoms with Crippen molar-refractivity contribution in [1.29, 1.82) is 0 Å². The Kier molecular flexibility index (Phi) is 23.1. The van der Waals surface area contributed by atoms with Crippen LogP contribution in [0.5, 0.6) is 0 Å². The molecule has 132 valence electrons. The van der Waals surface area contributed by atoms with E-state index in [1.807, 2.05) is 0 Å². The lowest BCUT2D eigenvalue weighted by Crippen LogP contribution is -2.23. The van der Waals surface area contributed by atoms with Crippen LogP contribution in [0.3, 0.4) is 0 Å². The van der Waals surface area contributed by atoms with Crippen molar-refractivity contribution in [2.45, 2.75) is 0 Å². The van der Waals surface area contributed by atoms with E-state index in [1.54, 1.807) is 0 Å². The monoisotopic (exact) mass is 397 g/mol. The number of nitrogens with one attached hydrogen (secondary N) is 1. The Hall–Kier alpha value is -1.35.